The fourth-order valence-electron chi connectivity index (χ4n) is 3.99. The summed E-state index contributed by atoms with van der Waals surface area (Å²) in [4.78, 5) is 11.6. The van der Waals surface area contributed by atoms with E-state index in [1.807, 2.05) is 42.5 Å². The molecule has 0 saturated carbocycles. The van der Waals surface area contributed by atoms with E-state index in [2.05, 4.69) is 34.9 Å². The Morgan fingerprint density at radius 2 is 1.63 bits per heavy atom. The van der Waals surface area contributed by atoms with Crippen molar-refractivity contribution in [1.29, 1.82) is 0 Å². The molecule has 0 aliphatic carbocycles. The molecule has 0 fully saturated rings. The molecule has 4 nitrogen and oxygen atoms in total. The standard InChI is InChI=1S/C26H19NO3/c1-30-21-12-9-18(10-13-21)25-16-23-22-8-3-2-5-17(22)11-14-24(23)27(25)20-7-4-6-19(15-20)26(28)29/h2-16H,1H3,(H,28,29). The average Bonchev–Trinajstić information content (AvgIpc) is 3.19. The van der Waals surface area contributed by atoms with Crippen LogP contribution in [0.3, 0.4) is 0 Å². The molecule has 0 aliphatic heterocycles. The highest BCUT2D eigenvalue weighted by molar-refractivity contribution is 6.09. The van der Waals surface area contributed by atoms with Gasteiger partial charge in [-0.15, -0.1) is 0 Å². The second-order valence-electron chi connectivity index (χ2n) is 7.17. The molecule has 4 aromatic carbocycles. The van der Waals surface area contributed by atoms with Gasteiger partial charge in [0.25, 0.3) is 0 Å². The predicted octanol–water partition coefficient (Wildman–Crippen LogP) is 6.16. The summed E-state index contributed by atoms with van der Waals surface area (Å²) < 4.78 is 7.43. The molecule has 0 radical (unpaired) electrons. The molecule has 30 heavy (non-hydrogen) atoms. The van der Waals surface area contributed by atoms with Gasteiger partial charge in [0.1, 0.15) is 5.75 Å². The zero-order chi connectivity index (χ0) is 20.7. The molecule has 0 saturated heterocycles. The molecule has 0 unspecified atom stereocenters. The highest BCUT2D eigenvalue weighted by Gasteiger charge is 2.16. The number of carboxylic acids is 1. The Hall–Kier alpha value is -4.05. The second kappa shape index (κ2) is 7.08. The lowest BCUT2D eigenvalue weighted by Gasteiger charge is -2.13. The van der Waals surface area contributed by atoms with Crippen molar-refractivity contribution in [2.45, 2.75) is 0 Å². The van der Waals surface area contributed by atoms with E-state index < -0.39 is 5.97 Å². The van der Waals surface area contributed by atoms with Crippen molar-refractivity contribution in [3.63, 3.8) is 0 Å². The fraction of sp³-hybridized carbons (Fsp3) is 0.0385. The second-order valence-corrected chi connectivity index (χ2v) is 7.17. The number of aromatic nitrogens is 1. The first-order chi connectivity index (χ1) is 14.7. The van der Waals surface area contributed by atoms with Crippen LogP contribution >= 0.6 is 0 Å². The molecule has 1 N–H and O–H groups in total. The molecule has 0 bridgehead atoms. The quantitative estimate of drug-likeness (QED) is 0.398. The number of nitrogens with zero attached hydrogens (tertiary/aromatic N) is 1. The lowest BCUT2D eigenvalue weighted by atomic mass is 10.1. The van der Waals surface area contributed by atoms with Crippen LogP contribution in [0.1, 0.15) is 10.4 Å². The predicted molar refractivity (Wildman–Crippen MR) is 120 cm³/mol. The molecule has 0 aliphatic rings. The van der Waals surface area contributed by atoms with E-state index in [0.29, 0.717) is 0 Å². The number of rotatable bonds is 4. The van der Waals surface area contributed by atoms with E-state index >= 15 is 0 Å². The highest BCUT2D eigenvalue weighted by atomic mass is 16.5. The van der Waals surface area contributed by atoms with Gasteiger partial charge in [0, 0.05) is 11.1 Å². The molecular formula is C26H19NO3. The number of hydrogen-bond acceptors (Lipinski definition) is 2. The number of carboxylic acid groups (broad SMARTS) is 1. The Balaban J connectivity index is 1.85. The van der Waals surface area contributed by atoms with Crippen LogP contribution in [-0.2, 0) is 0 Å². The van der Waals surface area contributed by atoms with Crippen LogP contribution in [0, 0.1) is 0 Å². The zero-order valence-corrected chi connectivity index (χ0v) is 16.4. The molecular weight excluding hydrogens is 374 g/mol. The van der Waals surface area contributed by atoms with Gasteiger partial charge in [-0.2, -0.15) is 0 Å². The van der Waals surface area contributed by atoms with Gasteiger partial charge in [0.15, 0.2) is 0 Å². The maximum Gasteiger partial charge on any atom is 0.335 e. The number of benzene rings is 4. The number of fused-ring (bicyclic) bond motifs is 3. The number of ether oxygens (including phenoxy) is 1. The van der Waals surface area contributed by atoms with Gasteiger partial charge >= 0.3 is 5.97 Å². The Bertz CT molecular complexity index is 1400. The first-order valence-electron chi connectivity index (χ1n) is 9.67. The van der Waals surface area contributed by atoms with E-state index in [0.717, 1.165) is 39.0 Å². The summed E-state index contributed by atoms with van der Waals surface area (Å²) in [6.07, 6.45) is 0. The first-order valence-corrected chi connectivity index (χ1v) is 9.67. The molecule has 1 aromatic heterocycles. The minimum absolute atomic E-state index is 0.260. The first kappa shape index (κ1) is 18.0. The SMILES string of the molecule is COc1ccc(-c2cc3c4ccccc4ccc3n2-c2cccc(C(=O)O)c2)cc1. The van der Waals surface area contributed by atoms with E-state index in [1.165, 1.54) is 5.39 Å². The van der Waals surface area contributed by atoms with Gasteiger partial charge < -0.3 is 14.4 Å². The lowest BCUT2D eigenvalue weighted by Crippen LogP contribution is -2.01. The van der Waals surface area contributed by atoms with Gasteiger partial charge in [-0.3, -0.25) is 0 Å². The molecule has 4 heteroatoms. The third-order valence-electron chi connectivity index (χ3n) is 5.45. The van der Waals surface area contributed by atoms with Gasteiger partial charge in [0.2, 0.25) is 0 Å². The van der Waals surface area contributed by atoms with Crippen molar-refractivity contribution in [2.24, 2.45) is 0 Å². The molecule has 146 valence electrons. The Morgan fingerprint density at radius 3 is 2.40 bits per heavy atom. The van der Waals surface area contributed by atoms with Gasteiger partial charge in [-0.1, -0.05) is 36.4 Å². The summed E-state index contributed by atoms with van der Waals surface area (Å²) in [6, 6.07) is 29.6. The molecule has 5 rings (SSSR count). The van der Waals surface area contributed by atoms with E-state index in [1.54, 1.807) is 25.3 Å². The molecule has 0 atom stereocenters. The molecule has 0 amide bonds. The normalized spacial score (nSPS) is 11.1. The number of aromatic carboxylic acids is 1. The summed E-state index contributed by atoms with van der Waals surface area (Å²) in [6.45, 7) is 0. The smallest absolute Gasteiger partial charge is 0.335 e. The monoisotopic (exact) mass is 393 g/mol. The third kappa shape index (κ3) is 2.90. The zero-order valence-electron chi connectivity index (χ0n) is 16.4. The third-order valence-corrected chi connectivity index (χ3v) is 5.45. The topological polar surface area (TPSA) is 51.5 Å². The van der Waals surface area contributed by atoms with E-state index in [-0.39, 0.29) is 5.56 Å². The summed E-state index contributed by atoms with van der Waals surface area (Å²) in [5, 5.41) is 12.9. The fourth-order valence-corrected chi connectivity index (χ4v) is 3.99. The van der Waals surface area contributed by atoms with E-state index in [9.17, 15) is 9.90 Å². The largest absolute Gasteiger partial charge is 0.497 e. The van der Waals surface area contributed by atoms with Gasteiger partial charge in [0.05, 0.1) is 23.9 Å². The van der Waals surface area contributed by atoms with Gasteiger partial charge in [-0.25, -0.2) is 4.79 Å². The van der Waals surface area contributed by atoms with Crippen LogP contribution in [0.25, 0.3) is 38.6 Å². The number of methoxy groups -OCH3 is 1. The minimum Gasteiger partial charge on any atom is -0.497 e. The summed E-state index contributed by atoms with van der Waals surface area (Å²) in [7, 11) is 1.65. The van der Waals surface area contributed by atoms with Crippen molar-refractivity contribution < 1.29 is 14.6 Å². The van der Waals surface area contributed by atoms with E-state index in [4.69, 9.17) is 4.74 Å². The molecule has 5 aromatic rings. The number of carbonyl (C=O) groups is 1. The highest BCUT2D eigenvalue weighted by Crippen LogP contribution is 2.36. The summed E-state index contributed by atoms with van der Waals surface area (Å²) in [5.41, 5.74) is 4.12. The van der Waals surface area contributed by atoms with Gasteiger partial charge in [-0.05, 0) is 70.9 Å². The molecule has 0 spiro atoms. The van der Waals surface area contributed by atoms with Crippen LogP contribution in [0.2, 0.25) is 0 Å². The lowest BCUT2D eigenvalue weighted by molar-refractivity contribution is 0.0697. The van der Waals surface area contributed by atoms with Crippen LogP contribution in [0.4, 0.5) is 0 Å². The van der Waals surface area contributed by atoms with Crippen LogP contribution in [0.5, 0.6) is 5.75 Å². The summed E-state index contributed by atoms with van der Waals surface area (Å²) >= 11 is 0. The van der Waals surface area contributed by atoms with Crippen molar-refractivity contribution in [1.82, 2.24) is 4.57 Å². The van der Waals surface area contributed by atoms with Crippen molar-refractivity contribution in [3.05, 3.63) is 96.6 Å². The van der Waals surface area contributed by atoms with Crippen LogP contribution < -0.4 is 4.74 Å². The average molecular weight is 393 g/mol. The van der Waals surface area contributed by atoms with Crippen molar-refractivity contribution in [2.75, 3.05) is 7.11 Å². The Labute approximate surface area is 173 Å². The number of hydrogen-bond donors (Lipinski definition) is 1. The van der Waals surface area contributed by atoms with Crippen molar-refractivity contribution >= 4 is 27.6 Å². The maximum absolute atomic E-state index is 11.6. The Kier molecular flexibility index (Phi) is 4.25. The Morgan fingerprint density at radius 1 is 0.833 bits per heavy atom. The minimum atomic E-state index is -0.940. The van der Waals surface area contributed by atoms with Crippen LogP contribution in [0.15, 0.2) is 91.0 Å². The maximum atomic E-state index is 11.6. The van der Waals surface area contributed by atoms with Crippen molar-refractivity contribution in [3.8, 4) is 22.7 Å². The molecule has 1 heterocycles. The summed E-state index contributed by atoms with van der Waals surface area (Å²) in [5.74, 6) is -0.149. The van der Waals surface area contributed by atoms with Crippen LogP contribution in [-0.4, -0.2) is 22.8 Å².